The minimum atomic E-state index is -0.487. The lowest BCUT2D eigenvalue weighted by Gasteiger charge is -2.09. The van der Waals surface area contributed by atoms with Gasteiger partial charge in [0, 0.05) is 6.54 Å². The van der Waals surface area contributed by atoms with Gasteiger partial charge in [-0.1, -0.05) is 24.7 Å². The highest BCUT2D eigenvalue weighted by Crippen LogP contribution is 2.19. The van der Waals surface area contributed by atoms with Crippen LogP contribution in [0.15, 0.2) is 0 Å². The van der Waals surface area contributed by atoms with Crippen LogP contribution in [0.2, 0.25) is 0 Å². The third-order valence-corrected chi connectivity index (χ3v) is 3.12. The number of aliphatic hydroxyl groups is 1. The minimum absolute atomic E-state index is 0.221. The molecule has 5 nitrogen and oxygen atoms in total. The molecule has 16 heavy (non-hydrogen) atoms. The van der Waals surface area contributed by atoms with Crippen molar-refractivity contribution in [3.8, 4) is 0 Å². The molecule has 0 aromatic carbocycles. The number of hydrogen-bond donors (Lipinski definition) is 3. The van der Waals surface area contributed by atoms with E-state index in [2.05, 4.69) is 10.3 Å². The van der Waals surface area contributed by atoms with Crippen LogP contribution in [0, 0.1) is 6.92 Å². The Labute approximate surface area is 98.7 Å². The Hall–Kier alpha value is -1.14. The third kappa shape index (κ3) is 3.46. The maximum absolute atomic E-state index is 11.7. The van der Waals surface area contributed by atoms with E-state index < -0.39 is 6.10 Å². The van der Waals surface area contributed by atoms with Crippen LogP contribution >= 0.6 is 11.3 Å². The molecule has 0 saturated heterocycles. The number of nitrogens with one attached hydrogen (secondary N) is 1. The molecule has 0 fully saturated rings. The van der Waals surface area contributed by atoms with E-state index >= 15 is 0 Å². The summed E-state index contributed by atoms with van der Waals surface area (Å²) in [6.07, 6.45) is 1.09. The number of rotatable bonds is 5. The second-order valence-electron chi connectivity index (χ2n) is 3.62. The van der Waals surface area contributed by atoms with E-state index in [1.807, 2.05) is 6.92 Å². The molecule has 0 saturated carbocycles. The van der Waals surface area contributed by atoms with E-state index in [0.29, 0.717) is 22.1 Å². The van der Waals surface area contributed by atoms with Gasteiger partial charge in [0.25, 0.3) is 5.91 Å². The van der Waals surface area contributed by atoms with Crippen molar-refractivity contribution in [1.29, 1.82) is 0 Å². The maximum Gasteiger partial charge on any atom is 0.263 e. The van der Waals surface area contributed by atoms with Gasteiger partial charge in [-0.25, -0.2) is 4.98 Å². The zero-order valence-corrected chi connectivity index (χ0v) is 10.3. The predicted octanol–water partition coefficient (Wildman–Crippen LogP) is 0.925. The summed E-state index contributed by atoms with van der Waals surface area (Å²) in [4.78, 5) is 16.2. The molecule has 1 aromatic rings. The van der Waals surface area contributed by atoms with Gasteiger partial charge in [0.2, 0.25) is 0 Å². The van der Waals surface area contributed by atoms with E-state index in [4.69, 9.17) is 5.73 Å². The summed E-state index contributed by atoms with van der Waals surface area (Å²) >= 11 is 1.16. The lowest BCUT2D eigenvalue weighted by molar-refractivity contribution is 0.0913. The molecule has 0 spiro atoms. The number of carbonyl (C=O) groups is 1. The number of aryl methyl sites for hydroxylation is 1. The zero-order chi connectivity index (χ0) is 12.1. The number of aliphatic hydroxyl groups excluding tert-OH is 1. The summed E-state index contributed by atoms with van der Waals surface area (Å²) in [5, 5.41) is 12.5. The third-order valence-electron chi connectivity index (χ3n) is 2.14. The minimum Gasteiger partial charge on any atom is -0.391 e. The van der Waals surface area contributed by atoms with Crippen molar-refractivity contribution in [2.75, 3.05) is 12.3 Å². The SMILES string of the molecule is CCCC(O)CNC(=O)c1sc(N)nc1C. The Balaban J connectivity index is 2.50. The number of carbonyl (C=O) groups excluding carboxylic acids is 1. The van der Waals surface area contributed by atoms with Gasteiger partial charge >= 0.3 is 0 Å². The first-order valence-corrected chi connectivity index (χ1v) is 6.05. The monoisotopic (exact) mass is 243 g/mol. The molecule has 1 rings (SSSR count). The first kappa shape index (κ1) is 12.9. The molecule has 0 aliphatic rings. The lowest BCUT2D eigenvalue weighted by Crippen LogP contribution is -2.31. The van der Waals surface area contributed by atoms with Crippen LogP contribution in [0.25, 0.3) is 0 Å². The van der Waals surface area contributed by atoms with E-state index in [9.17, 15) is 9.90 Å². The molecule has 0 radical (unpaired) electrons. The number of nitrogens with zero attached hydrogens (tertiary/aromatic N) is 1. The molecule has 0 aliphatic heterocycles. The largest absolute Gasteiger partial charge is 0.391 e. The van der Waals surface area contributed by atoms with Crippen molar-refractivity contribution in [2.24, 2.45) is 0 Å². The van der Waals surface area contributed by atoms with E-state index in [1.54, 1.807) is 6.92 Å². The van der Waals surface area contributed by atoms with E-state index in [1.165, 1.54) is 0 Å². The molecular formula is C10H17N3O2S. The molecule has 0 bridgehead atoms. The number of anilines is 1. The lowest BCUT2D eigenvalue weighted by atomic mass is 10.2. The zero-order valence-electron chi connectivity index (χ0n) is 9.49. The van der Waals surface area contributed by atoms with Crippen LogP contribution in [0.1, 0.15) is 35.1 Å². The fourth-order valence-electron chi connectivity index (χ4n) is 1.35. The summed E-state index contributed by atoms with van der Waals surface area (Å²) < 4.78 is 0. The number of nitrogens with two attached hydrogens (primary N) is 1. The number of amides is 1. The summed E-state index contributed by atoms with van der Waals surface area (Å²) in [7, 11) is 0. The molecular weight excluding hydrogens is 226 g/mol. The van der Waals surface area contributed by atoms with E-state index in [-0.39, 0.29) is 12.5 Å². The number of aromatic nitrogens is 1. The summed E-state index contributed by atoms with van der Waals surface area (Å²) in [5.74, 6) is -0.221. The topological polar surface area (TPSA) is 88.2 Å². The molecule has 1 atom stereocenters. The maximum atomic E-state index is 11.7. The van der Waals surface area contributed by atoms with Crippen LogP contribution in [0.5, 0.6) is 0 Å². The predicted molar refractivity (Wildman–Crippen MR) is 64.5 cm³/mol. The first-order valence-electron chi connectivity index (χ1n) is 5.23. The van der Waals surface area contributed by atoms with Crippen LogP contribution in [0.3, 0.4) is 0 Å². The molecule has 0 aliphatic carbocycles. The van der Waals surface area contributed by atoms with Gasteiger partial charge in [0.15, 0.2) is 5.13 Å². The second-order valence-corrected chi connectivity index (χ2v) is 4.65. The highest BCUT2D eigenvalue weighted by atomic mass is 32.1. The van der Waals surface area contributed by atoms with Gasteiger partial charge < -0.3 is 16.2 Å². The normalized spacial score (nSPS) is 12.4. The highest BCUT2D eigenvalue weighted by Gasteiger charge is 2.14. The summed E-state index contributed by atoms with van der Waals surface area (Å²) in [5.41, 5.74) is 6.13. The summed E-state index contributed by atoms with van der Waals surface area (Å²) in [6.45, 7) is 3.99. The van der Waals surface area contributed by atoms with Crippen molar-refractivity contribution < 1.29 is 9.90 Å². The van der Waals surface area contributed by atoms with Gasteiger partial charge in [-0.2, -0.15) is 0 Å². The molecule has 1 amide bonds. The van der Waals surface area contributed by atoms with E-state index in [0.717, 1.165) is 17.8 Å². The molecule has 90 valence electrons. The van der Waals surface area contributed by atoms with Crippen molar-refractivity contribution in [3.63, 3.8) is 0 Å². The Morgan fingerprint density at radius 1 is 1.69 bits per heavy atom. The smallest absolute Gasteiger partial charge is 0.263 e. The standard InChI is InChI=1S/C10H17N3O2S/c1-3-4-7(14)5-12-9(15)8-6(2)13-10(11)16-8/h7,14H,3-5H2,1-2H3,(H2,11,13)(H,12,15). The molecule has 4 N–H and O–H groups in total. The van der Waals surface area contributed by atoms with Crippen molar-refractivity contribution >= 4 is 22.4 Å². The number of thiazole rings is 1. The van der Waals surface area contributed by atoms with Gasteiger partial charge in [-0.15, -0.1) is 0 Å². The highest BCUT2D eigenvalue weighted by molar-refractivity contribution is 7.17. The molecule has 1 unspecified atom stereocenters. The Kier molecular flexibility index (Phi) is 4.70. The first-order chi connectivity index (χ1) is 7.54. The fourth-order valence-corrected chi connectivity index (χ4v) is 2.10. The van der Waals surface area contributed by atoms with Crippen LogP contribution in [-0.4, -0.2) is 28.6 Å². The number of hydrogen-bond acceptors (Lipinski definition) is 5. The molecule has 1 heterocycles. The van der Waals surface area contributed by atoms with Gasteiger partial charge in [-0.3, -0.25) is 4.79 Å². The van der Waals surface area contributed by atoms with Crippen LogP contribution in [0.4, 0.5) is 5.13 Å². The Morgan fingerprint density at radius 3 is 2.88 bits per heavy atom. The van der Waals surface area contributed by atoms with Crippen LogP contribution in [-0.2, 0) is 0 Å². The van der Waals surface area contributed by atoms with Gasteiger partial charge in [-0.05, 0) is 13.3 Å². The van der Waals surface area contributed by atoms with Crippen molar-refractivity contribution in [1.82, 2.24) is 10.3 Å². The molecule has 1 aromatic heterocycles. The summed E-state index contributed by atoms with van der Waals surface area (Å²) in [6, 6.07) is 0. The second kappa shape index (κ2) is 5.81. The Morgan fingerprint density at radius 2 is 2.38 bits per heavy atom. The van der Waals surface area contributed by atoms with Gasteiger partial charge in [0.05, 0.1) is 11.8 Å². The van der Waals surface area contributed by atoms with Crippen LogP contribution < -0.4 is 11.1 Å². The quantitative estimate of drug-likeness (QED) is 0.717. The Bertz CT molecular complexity index is 365. The average Bonchev–Trinajstić information content (AvgIpc) is 2.55. The number of nitrogen functional groups attached to an aromatic ring is 1. The average molecular weight is 243 g/mol. The fraction of sp³-hybridized carbons (Fsp3) is 0.600. The van der Waals surface area contributed by atoms with Crippen molar-refractivity contribution in [2.45, 2.75) is 32.8 Å². The molecule has 6 heteroatoms. The van der Waals surface area contributed by atoms with Crippen molar-refractivity contribution in [3.05, 3.63) is 10.6 Å². The van der Waals surface area contributed by atoms with Gasteiger partial charge in [0.1, 0.15) is 4.88 Å².